The number of hydrogen-bond donors (Lipinski definition) is 3. The summed E-state index contributed by atoms with van der Waals surface area (Å²) in [5.41, 5.74) is 6.40. The van der Waals surface area contributed by atoms with Gasteiger partial charge in [-0.2, -0.15) is 0 Å². The number of halogens is 1. The first-order chi connectivity index (χ1) is 11.8. The Labute approximate surface area is 144 Å². The monoisotopic (exact) mass is 349 g/mol. The number of phenolic OH excluding ortho intramolecular Hbond substituents is 2. The minimum Gasteiger partial charge on any atom is -0.504 e. The highest BCUT2D eigenvalue weighted by Gasteiger charge is 2.19. The number of benzene rings is 2. The number of ether oxygens (including phenoxy) is 2. The maximum atomic E-state index is 12.8. The molecule has 2 rings (SSSR count). The zero-order valence-electron chi connectivity index (χ0n) is 13.7. The molecule has 0 heterocycles. The molecular weight excluding hydrogens is 329 g/mol. The van der Waals surface area contributed by atoms with E-state index in [0.717, 1.165) is 0 Å². The molecule has 0 bridgehead atoms. The Morgan fingerprint density at radius 1 is 1.16 bits per heavy atom. The van der Waals surface area contributed by atoms with Crippen molar-refractivity contribution in [1.82, 2.24) is 0 Å². The van der Waals surface area contributed by atoms with Gasteiger partial charge in [-0.15, -0.1) is 0 Å². The summed E-state index contributed by atoms with van der Waals surface area (Å²) in [6.07, 6.45) is -0.394. The van der Waals surface area contributed by atoms with Gasteiger partial charge in [0.05, 0.1) is 0 Å². The zero-order chi connectivity index (χ0) is 18.4. The predicted molar refractivity (Wildman–Crippen MR) is 88.9 cm³/mol. The third-order valence-corrected chi connectivity index (χ3v) is 3.41. The van der Waals surface area contributed by atoms with Crippen molar-refractivity contribution >= 4 is 5.97 Å². The molecule has 0 fully saturated rings. The van der Waals surface area contributed by atoms with E-state index in [9.17, 15) is 19.4 Å². The van der Waals surface area contributed by atoms with Gasteiger partial charge in [-0.05, 0) is 55.3 Å². The molecule has 0 saturated carbocycles. The normalized spacial score (nSPS) is 13.1. The summed E-state index contributed by atoms with van der Waals surface area (Å²) in [5.74, 6) is -1.03. The number of carbonyl (C=O) groups excluding carboxylic acids is 1. The highest BCUT2D eigenvalue weighted by Crippen LogP contribution is 2.25. The van der Waals surface area contributed by atoms with Gasteiger partial charge in [0.1, 0.15) is 30.3 Å². The van der Waals surface area contributed by atoms with Gasteiger partial charge in [0.15, 0.2) is 11.5 Å². The van der Waals surface area contributed by atoms with Crippen molar-refractivity contribution in [1.29, 1.82) is 0 Å². The van der Waals surface area contributed by atoms with Crippen LogP contribution in [0.2, 0.25) is 0 Å². The van der Waals surface area contributed by atoms with Crippen molar-refractivity contribution in [2.75, 3.05) is 6.61 Å². The summed E-state index contributed by atoms with van der Waals surface area (Å²) in [5, 5.41) is 18.7. The summed E-state index contributed by atoms with van der Waals surface area (Å²) in [6, 6.07) is 8.80. The summed E-state index contributed by atoms with van der Waals surface area (Å²) in [7, 11) is 0. The van der Waals surface area contributed by atoms with Gasteiger partial charge >= 0.3 is 5.97 Å². The molecule has 0 amide bonds. The molecule has 0 aliphatic heterocycles. The number of aromatic hydroxyl groups is 2. The first-order valence-corrected chi connectivity index (χ1v) is 7.70. The Kier molecular flexibility index (Phi) is 6.19. The zero-order valence-corrected chi connectivity index (χ0v) is 13.7. The third-order valence-electron chi connectivity index (χ3n) is 3.41. The van der Waals surface area contributed by atoms with Gasteiger partial charge in [0.25, 0.3) is 0 Å². The molecule has 0 aliphatic rings. The van der Waals surface area contributed by atoms with Crippen LogP contribution in [0.4, 0.5) is 4.39 Å². The Bertz CT molecular complexity index is 720. The van der Waals surface area contributed by atoms with E-state index in [-0.39, 0.29) is 30.3 Å². The largest absolute Gasteiger partial charge is 0.504 e. The lowest BCUT2D eigenvalue weighted by Crippen LogP contribution is -2.37. The van der Waals surface area contributed by atoms with Crippen molar-refractivity contribution in [2.45, 2.75) is 25.5 Å². The number of esters is 1. The standard InChI is InChI=1S/C18H20FNO5/c1-11(10-24-14-5-3-13(19)4-6-14)25-18(23)15(20)8-12-2-7-16(21)17(22)9-12/h2-7,9,11,15,21-22H,8,10,20H2,1H3/t11-,15+/m1/s1. The van der Waals surface area contributed by atoms with E-state index in [2.05, 4.69) is 0 Å². The minimum atomic E-state index is -0.919. The molecule has 25 heavy (non-hydrogen) atoms. The average molecular weight is 349 g/mol. The van der Waals surface area contributed by atoms with Crippen molar-refractivity contribution in [3.05, 3.63) is 53.8 Å². The van der Waals surface area contributed by atoms with E-state index in [1.807, 2.05) is 0 Å². The van der Waals surface area contributed by atoms with Gasteiger partial charge in [-0.25, -0.2) is 4.39 Å². The molecule has 7 heteroatoms. The predicted octanol–water partition coefficient (Wildman–Crippen LogP) is 2.12. The average Bonchev–Trinajstić information content (AvgIpc) is 2.57. The second kappa shape index (κ2) is 8.34. The van der Waals surface area contributed by atoms with Crippen LogP contribution in [0.15, 0.2) is 42.5 Å². The van der Waals surface area contributed by atoms with Crippen LogP contribution < -0.4 is 10.5 Å². The molecule has 2 aromatic rings. The Hall–Kier alpha value is -2.80. The van der Waals surface area contributed by atoms with E-state index < -0.39 is 18.1 Å². The minimum absolute atomic E-state index is 0.101. The number of rotatable bonds is 7. The lowest BCUT2D eigenvalue weighted by molar-refractivity contribution is -0.151. The van der Waals surface area contributed by atoms with E-state index >= 15 is 0 Å². The topological polar surface area (TPSA) is 102 Å². The lowest BCUT2D eigenvalue weighted by Gasteiger charge is -2.17. The maximum Gasteiger partial charge on any atom is 0.323 e. The quantitative estimate of drug-likeness (QED) is 0.523. The van der Waals surface area contributed by atoms with Gasteiger partial charge in [-0.1, -0.05) is 6.07 Å². The molecule has 2 aromatic carbocycles. The Morgan fingerprint density at radius 2 is 1.84 bits per heavy atom. The molecule has 0 aromatic heterocycles. The number of nitrogens with two attached hydrogens (primary N) is 1. The maximum absolute atomic E-state index is 12.8. The second-order valence-corrected chi connectivity index (χ2v) is 5.65. The van der Waals surface area contributed by atoms with Gasteiger partial charge in [0, 0.05) is 0 Å². The van der Waals surface area contributed by atoms with E-state index in [1.165, 1.54) is 36.4 Å². The molecule has 0 aliphatic carbocycles. The molecule has 4 N–H and O–H groups in total. The van der Waals surface area contributed by atoms with Gasteiger partial charge in [0.2, 0.25) is 0 Å². The van der Waals surface area contributed by atoms with Crippen molar-refractivity contribution < 1.29 is 28.9 Å². The lowest BCUT2D eigenvalue weighted by atomic mass is 10.1. The van der Waals surface area contributed by atoms with Crippen LogP contribution >= 0.6 is 0 Å². The van der Waals surface area contributed by atoms with Crippen molar-refractivity contribution in [3.63, 3.8) is 0 Å². The summed E-state index contributed by atoms with van der Waals surface area (Å²) >= 11 is 0. The first-order valence-electron chi connectivity index (χ1n) is 7.70. The van der Waals surface area contributed by atoms with E-state index in [1.54, 1.807) is 13.0 Å². The van der Waals surface area contributed by atoms with Crippen LogP contribution in [-0.4, -0.2) is 34.9 Å². The van der Waals surface area contributed by atoms with Crippen LogP contribution in [0.5, 0.6) is 17.2 Å². The fraction of sp³-hybridized carbons (Fsp3) is 0.278. The van der Waals surface area contributed by atoms with Crippen LogP contribution in [-0.2, 0) is 16.0 Å². The van der Waals surface area contributed by atoms with Gasteiger partial charge in [-0.3, -0.25) is 4.79 Å². The molecule has 0 radical (unpaired) electrons. The van der Waals surface area contributed by atoms with Gasteiger partial charge < -0.3 is 25.4 Å². The summed E-state index contributed by atoms with van der Waals surface area (Å²) in [4.78, 5) is 12.0. The highest BCUT2D eigenvalue weighted by atomic mass is 19.1. The van der Waals surface area contributed by atoms with Crippen LogP contribution in [0.3, 0.4) is 0 Å². The fourth-order valence-corrected chi connectivity index (χ4v) is 2.10. The molecular formula is C18H20FNO5. The number of phenols is 2. The van der Waals surface area contributed by atoms with Crippen molar-refractivity contribution in [2.24, 2.45) is 5.73 Å². The van der Waals surface area contributed by atoms with Crippen LogP contribution in [0.25, 0.3) is 0 Å². The number of carbonyl (C=O) groups is 1. The number of hydrogen-bond acceptors (Lipinski definition) is 6. The molecule has 0 unspecified atom stereocenters. The van der Waals surface area contributed by atoms with Crippen molar-refractivity contribution in [3.8, 4) is 17.2 Å². The molecule has 2 atom stereocenters. The third kappa shape index (κ3) is 5.65. The van der Waals surface area contributed by atoms with E-state index in [4.69, 9.17) is 15.2 Å². The summed E-state index contributed by atoms with van der Waals surface area (Å²) < 4.78 is 23.4. The highest BCUT2D eigenvalue weighted by molar-refractivity contribution is 5.76. The Morgan fingerprint density at radius 3 is 2.48 bits per heavy atom. The molecule has 134 valence electrons. The Balaban J connectivity index is 1.81. The molecule has 0 saturated heterocycles. The van der Waals surface area contributed by atoms with E-state index in [0.29, 0.717) is 11.3 Å². The molecule has 6 nitrogen and oxygen atoms in total. The second-order valence-electron chi connectivity index (χ2n) is 5.65. The van der Waals surface area contributed by atoms with Crippen LogP contribution in [0.1, 0.15) is 12.5 Å². The SMILES string of the molecule is C[C@H](COc1ccc(F)cc1)OC(=O)[C@@H](N)Cc1ccc(O)c(O)c1. The molecule has 0 spiro atoms. The fourth-order valence-electron chi connectivity index (χ4n) is 2.10. The van der Waals surface area contributed by atoms with Crippen LogP contribution in [0, 0.1) is 5.82 Å². The first kappa shape index (κ1) is 18.5. The smallest absolute Gasteiger partial charge is 0.323 e. The summed E-state index contributed by atoms with van der Waals surface area (Å²) in [6.45, 7) is 1.75.